The number of hydrogen-bond acceptors (Lipinski definition) is 2. The fourth-order valence-electron chi connectivity index (χ4n) is 10.1. The second kappa shape index (κ2) is 14.1. The molecule has 2 nitrogen and oxygen atoms in total. The largest absolute Gasteiger partial charge is 0.456 e. The van der Waals surface area contributed by atoms with Gasteiger partial charge in [-0.2, -0.15) is 0 Å². The molecule has 0 aliphatic heterocycles. The van der Waals surface area contributed by atoms with Gasteiger partial charge in [0.05, 0.1) is 22.2 Å². The van der Waals surface area contributed by atoms with E-state index in [9.17, 15) is 0 Å². The van der Waals surface area contributed by atoms with Crippen molar-refractivity contribution in [2.75, 3.05) is 4.90 Å². The molecule has 11 aromatic rings. The maximum Gasteiger partial charge on any atom is 0.137 e. The third-order valence-electron chi connectivity index (χ3n) is 12.7. The van der Waals surface area contributed by atoms with E-state index in [-0.39, 0.29) is 0 Å². The van der Waals surface area contributed by atoms with E-state index >= 15 is 0 Å². The van der Waals surface area contributed by atoms with Crippen LogP contribution in [0, 0.1) is 0 Å². The van der Waals surface area contributed by atoms with E-state index in [4.69, 9.17) is 4.42 Å². The summed E-state index contributed by atoms with van der Waals surface area (Å²) in [4.78, 5) is 2.46. The molecule has 0 fully saturated rings. The minimum absolute atomic E-state index is 0.523. The zero-order valence-electron chi connectivity index (χ0n) is 33.4. The molecule has 1 aliphatic carbocycles. The Morgan fingerprint density at radius 2 is 0.934 bits per heavy atom. The molecule has 0 unspecified atom stereocenters. The van der Waals surface area contributed by atoms with E-state index in [0.29, 0.717) is 0 Å². The Morgan fingerprint density at radius 3 is 1.74 bits per heavy atom. The van der Waals surface area contributed by atoms with Gasteiger partial charge in [-0.25, -0.2) is 0 Å². The van der Waals surface area contributed by atoms with E-state index in [0.717, 1.165) is 44.6 Å². The van der Waals surface area contributed by atoms with Gasteiger partial charge in [0, 0.05) is 16.6 Å². The van der Waals surface area contributed by atoms with E-state index in [2.05, 4.69) is 235 Å². The van der Waals surface area contributed by atoms with Crippen molar-refractivity contribution in [1.82, 2.24) is 0 Å². The Morgan fingerprint density at radius 1 is 0.361 bits per heavy atom. The summed E-state index contributed by atoms with van der Waals surface area (Å²) in [5.74, 6) is 0. The van der Waals surface area contributed by atoms with Crippen molar-refractivity contribution in [3.05, 3.63) is 259 Å². The number of hydrogen-bond donors (Lipinski definition) is 0. The number of fused-ring (bicyclic) bond motifs is 7. The smallest absolute Gasteiger partial charge is 0.137 e. The molecule has 0 N–H and O–H groups in total. The minimum Gasteiger partial charge on any atom is -0.456 e. The monoisotopic (exact) mass is 777 g/mol. The van der Waals surface area contributed by atoms with E-state index < -0.39 is 5.41 Å². The number of benzene rings is 10. The Hall–Kier alpha value is -7.94. The van der Waals surface area contributed by atoms with Gasteiger partial charge in [0.25, 0.3) is 0 Å². The third kappa shape index (κ3) is 5.50. The molecular formula is C59H39NO. The highest BCUT2D eigenvalue weighted by molar-refractivity contribution is 6.14. The van der Waals surface area contributed by atoms with Crippen molar-refractivity contribution in [3.8, 4) is 33.4 Å². The lowest BCUT2D eigenvalue weighted by Crippen LogP contribution is -2.28. The van der Waals surface area contributed by atoms with Gasteiger partial charge in [0.2, 0.25) is 0 Å². The summed E-state index contributed by atoms with van der Waals surface area (Å²) >= 11 is 0. The topological polar surface area (TPSA) is 16.4 Å². The molecule has 0 amide bonds. The minimum atomic E-state index is -0.523. The van der Waals surface area contributed by atoms with Crippen LogP contribution in [0.2, 0.25) is 0 Å². The molecule has 0 atom stereocenters. The second-order valence-corrected chi connectivity index (χ2v) is 16.0. The van der Waals surface area contributed by atoms with Gasteiger partial charge in [-0.15, -0.1) is 0 Å². The summed E-state index contributed by atoms with van der Waals surface area (Å²) in [6, 6.07) is 86.0. The summed E-state index contributed by atoms with van der Waals surface area (Å²) in [5, 5.41) is 4.68. The highest BCUT2D eigenvalue weighted by atomic mass is 16.3. The van der Waals surface area contributed by atoms with E-state index in [1.807, 2.05) is 6.07 Å². The van der Waals surface area contributed by atoms with Crippen LogP contribution in [0.5, 0.6) is 0 Å². The lowest BCUT2D eigenvalue weighted by atomic mass is 9.68. The highest BCUT2D eigenvalue weighted by Crippen LogP contribution is 2.60. The summed E-state index contributed by atoms with van der Waals surface area (Å²) in [6.07, 6.45) is 0. The molecule has 1 aliphatic rings. The van der Waals surface area contributed by atoms with Crippen LogP contribution in [0.4, 0.5) is 17.1 Å². The molecule has 0 spiro atoms. The van der Waals surface area contributed by atoms with Gasteiger partial charge in [0.1, 0.15) is 11.2 Å². The lowest BCUT2D eigenvalue weighted by molar-refractivity contribution is 0.669. The first-order chi connectivity index (χ1) is 30.3. The first-order valence-corrected chi connectivity index (χ1v) is 21.0. The summed E-state index contributed by atoms with van der Waals surface area (Å²) in [7, 11) is 0. The fraction of sp³-hybridized carbons (Fsp3) is 0.0169. The van der Waals surface area contributed by atoms with Gasteiger partial charge < -0.3 is 9.32 Å². The SMILES string of the molecule is c1ccc(C2(c3ccccc3)c3ccccc3-c3c(N(c4ccc(-c5cccc(-c6ccc7ccccc7c6)c5)cc4)c4cccc5oc6ccccc6c45)cccc32)cc1. The van der Waals surface area contributed by atoms with Crippen LogP contribution >= 0.6 is 0 Å². The predicted octanol–water partition coefficient (Wildman–Crippen LogP) is 15.9. The lowest BCUT2D eigenvalue weighted by Gasteiger charge is -2.34. The van der Waals surface area contributed by atoms with E-state index in [1.165, 1.54) is 60.8 Å². The molecule has 61 heavy (non-hydrogen) atoms. The summed E-state index contributed by atoms with van der Waals surface area (Å²) < 4.78 is 6.53. The average molecular weight is 778 g/mol. The van der Waals surface area contributed by atoms with Crippen LogP contribution in [0.15, 0.2) is 241 Å². The summed E-state index contributed by atoms with van der Waals surface area (Å²) in [6.45, 7) is 0. The van der Waals surface area contributed by atoms with Crippen molar-refractivity contribution in [2.45, 2.75) is 5.41 Å². The molecule has 0 bridgehead atoms. The van der Waals surface area contributed by atoms with Crippen LogP contribution in [0.3, 0.4) is 0 Å². The Balaban J connectivity index is 1.08. The number of nitrogens with zero attached hydrogens (tertiary/aromatic N) is 1. The molecule has 0 saturated heterocycles. The third-order valence-corrected chi connectivity index (χ3v) is 12.7. The molecule has 10 aromatic carbocycles. The Bertz CT molecular complexity index is 3380. The standard InChI is InChI=1S/C59H39NO/c1-3-20-46(21-4-1)59(47-22-5-2-6-23-47)51-26-11-9-24-49(51)57-52(59)27-14-28-53(57)60(54-29-15-31-56-58(54)50-25-10-12-30-55(50)61-56)48-36-34-41(35-37-48)43-18-13-19-44(38-43)45-33-32-40-16-7-8-17-42(40)39-45/h1-39H. The van der Waals surface area contributed by atoms with Crippen LogP contribution in [0.25, 0.3) is 66.1 Å². The number of furan rings is 1. The van der Waals surface area contributed by atoms with Crippen molar-refractivity contribution in [1.29, 1.82) is 0 Å². The summed E-state index contributed by atoms with van der Waals surface area (Å²) in [5.41, 5.74) is 16.7. The fourth-order valence-corrected chi connectivity index (χ4v) is 10.1. The molecule has 1 heterocycles. The molecule has 1 aromatic heterocycles. The zero-order chi connectivity index (χ0) is 40.3. The van der Waals surface area contributed by atoms with Crippen LogP contribution in [0.1, 0.15) is 22.3 Å². The highest BCUT2D eigenvalue weighted by Gasteiger charge is 2.47. The second-order valence-electron chi connectivity index (χ2n) is 16.0. The van der Waals surface area contributed by atoms with Gasteiger partial charge in [0.15, 0.2) is 0 Å². The molecule has 0 saturated carbocycles. The van der Waals surface area contributed by atoms with Crippen LogP contribution < -0.4 is 4.90 Å². The zero-order valence-corrected chi connectivity index (χ0v) is 33.4. The quantitative estimate of drug-likeness (QED) is 0.160. The van der Waals surface area contributed by atoms with Crippen molar-refractivity contribution < 1.29 is 4.42 Å². The van der Waals surface area contributed by atoms with Gasteiger partial charge >= 0.3 is 0 Å². The van der Waals surface area contributed by atoms with Gasteiger partial charge in [-0.3, -0.25) is 0 Å². The number of rotatable bonds is 7. The predicted molar refractivity (Wildman–Crippen MR) is 254 cm³/mol. The van der Waals surface area contributed by atoms with Crippen molar-refractivity contribution >= 4 is 49.8 Å². The molecule has 12 rings (SSSR count). The first kappa shape index (κ1) is 35.0. The van der Waals surface area contributed by atoms with Gasteiger partial charge in [-0.05, 0) is 109 Å². The molecule has 2 heteroatoms. The van der Waals surface area contributed by atoms with E-state index in [1.54, 1.807) is 0 Å². The maximum absolute atomic E-state index is 6.53. The Kier molecular flexibility index (Phi) is 8.11. The Labute approximate surface area is 355 Å². The van der Waals surface area contributed by atoms with Crippen LogP contribution in [-0.2, 0) is 5.41 Å². The van der Waals surface area contributed by atoms with Gasteiger partial charge in [-0.1, -0.05) is 188 Å². The first-order valence-electron chi connectivity index (χ1n) is 21.0. The van der Waals surface area contributed by atoms with Crippen molar-refractivity contribution in [3.63, 3.8) is 0 Å². The number of anilines is 3. The average Bonchev–Trinajstić information content (AvgIpc) is 3.87. The maximum atomic E-state index is 6.53. The van der Waals surface area contributed by atoms with Crippen molar-refractivity contribution in [2.24, 2.45) is 0 Å². The normalized spacial score (nSPS) is 12.7. The molecular weight excluding hydrogens is 739 g/mol. The van der Waals surface area contributed by atoms with Crippen LogP contribution in [-0.4, -0.2) is 0 Å². The molecule has 286 valence electrons. The molecule has 0 radical (unpaired) electrons. The number of para-hydroxylation sites is 1.